The second-order valence-electron chi connectivity index (χ2n) is 9.11. The summed E-state index contributed by atoms with van der Waals surface area (Å²) < 4.78 is 7.91. The molecule has 0 spiro atoms. The van der Waals surface area contributed by atoms with Crippen LogP contribution in [0.3, 0.4) is 0 Å². The molecular formula is C26H32N4O2S2. The molecule has 3 aromatic rings. The van der Waals surface area contributed by atoms with E-state index in [0.717, 1.165) is 61.0 Å². The monoisotopic (exact) mass is 496 g/mol. The van der Waals surface area contributed by atoms with Gasteiger partial charge >= 0.3 is 0 Å². The number of nitrogens with zero attached hydrogens (tertiary/aromatic N) is 4. The summed E-state index contributed by atoms with van der Waals surface area (Å²) in [5.74, 6) is 2.29. The largest absolute Gasteiger partial charge is 0.467 e. The van der Waals surface area contributed by atoms with Crippen LogP contribution in [0.2, 0.25) is 0 Å². The molecule has 5 rings (SSSR count). The highest BCUT2D eigenvalue weighted by molar-refractivity contribution is 7.99. The lowest BCUT2D eigenvalue weighted by molar-refractivity contribution is -0.127. The molecule has 2 aliphatic rings. The average molecular weight is 497 g/mol. The molecule has 34 heavy (non-hydrogen) atoms. The number of furan rings is 1. The van der Waals surface area contributed by atoms with Crippen molar-refractivity contribution in [1.29, 1.82) is 0 Å². The van der Waals surface area contributed by atoms with Crippen molar-refractivity contribution >= 4 is 29.0 Å². The molecule has 6 nitrogen and oxygen atoms in total. The molecule has 3 heterocycles. The number of aromatic nitrogens is 3. The molecule has 0 atom stereocenters. The minimum Gasteiger partial charge on any atom is -0.467 e. The van der Waals surface area contributed by atoms with Crippen LogP contribution in [0.5, 0.6) is 0 Å². The van der Waals surface area contributed by atoms with Gasteiger partial charge in [0.15, 0.2) is 5.16 Å². The zero-order valence-electron chi connectivity index (χ0n) is 19.5. The quantitative estimate of drug-likeness (QED) is 0.312. The number of hydrogen-bond acceptors (Lipinski definition) is 6. The van der Waals surface area contributed by atoms with Crippen LogP contribution in [-0.2, 0) is 17.8 Å². The molecule has 0 aliphatic heterocycles. The molecule has 0 N–H and O–H groups in total. The summed E-state index contributed by atoms with van der Waals surface area (Å²) in [7, 11) is 0. The molecule has 0 radical (unpaired) electrons. The molecule has 1 saturated carbocycles. The molecular weight excluding hydrogens is 464 g/mol. The van der Waals surface area contributed by atoms with Crippen molar-refractivity contribution in [2.75, 3.05) is 5.75 Å². The molecule has 0 aromatic carbocycles. The van der Waals surface area contributed by atoms with E-state index in [1.165, 1.54) is 42.3 Å². The van der Waals surface area contributed by atoms with Crippen molar-refractivity contribution < 1.29 is 9.21 Å². The normalized spacial score (nSPS) is 17.0. The molecule has 0 unspecified atom stereocenters. The maximum atomic E-state index is 13.5. The van der Waals surface area contributed by atoms with E-state index >= 15 is 0 Å². The standard InChI is InChI=1S/C26H32N4O2S2/c31-25(29(18-22-13-7-15-32-22)20-9-3-1-4-10-20)19-34-26-28-27-24(17-23-14-8-16-33-23)30(26)21-11-5-2-6-12-21/h7-9,13-16,21H,1-6,10-12,17-19H2. The van der Waals surface area contributed by atoms with E-state index in [1.54, 1.807) is 17.6 Å². The van der Waals surface area contributed by atoms with Gasteiger partial charge in [0, 0.05) is 23.0 Å². The van der Waals surface area contributed by atoms with Crippen molar-refractivity contribution in [3.8, 4) is 0 Å². The Morgan fingerprint density at radius 3 is 2.79 bits per heavy atom. The smallest absolute Gasteiger partial charge is 0.237 e. The fourth-order valence-corrected chi connectivity index (χ4v) is 6.58. The molecule has 3 aromatic heterocycles. The van der Waals surface area contributed by atoms with Crippen LogP contribution < -0.4 is 0 Å². The second kappa shape index (κ2) is 11.4. The number of amides is 1. The summed E-state index contributed by atoms with van der Waals surface area (Å²) in [5, 5.41) is 12.1. The highest BCUT2D eigenvalue weighted by Crippen LogP contribution is 2.34. The van der Waals surface area contributed by atoms with E-state index < -0.39 is 0 Å². The van der Waals surface area contributed by atoms with Gasteiger partial charge in [0.05, 0.1) is 18.6 Å². The lowest BCUT2D eigenvalue weighted by Crippen LogP contribution is -2.32. The van der Waals surface area contributed by atoms with Gasteiger partial charge in [0.25, 0.3) is 0 Å². The Morgan fingerprint density at radius 1 is 1.15 bits per heavy atom. The minimum absolute atomic E-state index is 0.104. The Kier molecular flexibility index (Phi) is 7.86. The molecule has 2 aliphatic carbocycles. The van der Waals surface area contributed by atoms with Gasteiger partial charge in [0.1, 0.15) is 11.6 Å². The molecule has 0 saturated heterocycles. The lowest BCUT2D eigenvalue weighted by atomic mass is 9.95. The number of carbonyl (C=O) groups is 1. The van der Waals surface area contributed by atoms with Crippen molar-refractivity contribution in [3.05, 3.63) is 64.1 Å². The van der Waals surface area contributed by atoms with E-state index in [0.29, 0.717) is 18.3 Å². The van der Waals surface area contributed by atoms with Gasteiger partial charge in [-0.15, -0.1) is 21.5 Å². The molecule has 1 fully saturated rings. The van der Waals surface area contributed by atoms with E-state index in [1.807, 2.05) is 17.0 Å². The van der Waals surface area contributed by atoms with Crippen LogP contribution in [0.15, 0.2) is 57.3 Å². The Morgan fingerprint density at radius 2 is 2.06 bits per heavy atom. The summed E-state index contributed by atoms with van der Waals surface area (Å²) in [6.07, 6.45) is 15.1. The van der Waals surface area contributed by atoms with Crippen molar-refractivity contribution in [2.24, 2.45) is 0 Å². The van der Waals surface area contributed by atoms with Crippen LogP contribution in [-0.4, -0.2) is 31.3 Å². The Balaban J connectivity index is 1.33. The van der Waals surface area contributed by atoms with E-state index in [-0.39, 0.29) is 5.91 Å². The first-order valence-corrected chi connectivity index (χ1v) is 14.2. The predicted octanol–water partition coefficient (Wildman–Crippen LogP) is 6.61. The van der Waals surface area contributed by atoms with E-state index in [9.17, 15) is 4.79 Å². The van der Waals surface area contributed by atoms with Gasteiger partial charge in [-0.3, -0.25) is 4.79 Å². The van der Waals surface area contributed by atoms with Gasteiger partial charge in [-0.25, -0.2) is 0 Å². The van der Waals surface area contributed by atoms with Crippen LogP contribution in [0.25, 0.3) is 0 Å². The number of hydrogen-bond donors (Lipinski definition) is 0. The number of rotatable bonds is 9. The SMILES string of the molecule is O=C(CSc1nnc(Cc2cccs2)n1C1CCCCC1)N(Cc1ccco1)C1=CCCCC1. The molecule has 0 bridgehead atoms. The highest BCUT2D eigenvalue weighted by atomic mass is 32.2. The number of thioether (sulfide) groups is 1. The summed E-state index contributed by atoms with van der Waals surface area (Å²) in [5.41, 5.74) is 1.13. The summed E-state index contributed by atoms with van der Waals surface area (Å²) in [6, 6.07) is 8.49. The van der Waals surface area contributed by atoms with Crippen molar-refractivity contribution in [2.45, 2.75) is 82.0 Å². The third-order valence-corrected chi connectivity index (χ3v) is 8.53. The topological polar surface area (TPSA) is 64.2 Å². The summed E-state index contributed by atoms with van der Waals surface area (Å²) >= 11 is 3.29. The Labute approximate surface area is 209 Å². The first kappa shape index (κ1) is 23.4. The third kappa shape index (κ3) is 5.66. The zero-order valence-corrected chi connectivity index (χ0v) is 21.2. The fraction of sp³-hybridized carbons (Fsp3) is 0.500. The summed E-state index contributed by atoms with van der Waals surface area (Å²) in [4.78, 5) is 16.7. The van der Waals surface area contributed by atoms with E-state index in [2.05, 4.69) is 38.4 Å². The minimum atomic E-state index is 0.104. The van der Waals surface area contributed by atoms with Gasteiger partial charge in [-0.2, -0.15) is 0 Å². The second-order valence-corrected chi connectivity index (χ2v) is 11.1. The zero-order chi connectivity index (χ0) is 23.2. The highest BCUT2D eigenvalue weighted by Gasteiger charge is 2.26. The predicted molar refractivity (Wildman–Crippen MR) is 136 cm³/mol. The first-order valence-electron chi connectivity index (χ1n) is 12.4. The fourth-order valence-electron chi connectivity index (χ4n) is 4.98. The number of allylic oxidation sites excluding steroid dienone is 2. The maximum Gasteiger partial charge on any atom is 0.237 e. The Hall–Kier alpha value is -2.32. The number of carbonyl (C=O) groups excluding carboxylic acids is 1. The molecule has 8 heteroatoms. The number of thiophene rings is 1. The van der Waals surface area contributed by atoms with E-state index in [4.69, 9.17) is 4.42 Å². The van der Waals surface area contributed by atoms with Crippen LogP contribution in [0.1, 0.15) is 80.3 Å². The lowest BCUT2D eigenvalue weighted by Gasteiger charge is -2.27. The molecule has 1 amide bonds. The summed E-state index contributed by atoms with van der Waals surface area (Å²) in [6.45, 7) is 0.483. The van der Waals surface area contributed by atoms with Gasteiger partial charge in [0.2, 0.25) is 5.91 Å². The average Bonchev–Trinajstić information content (AvgIpc) is 3.65. The third-order valence-electron chi connectivity index (χ3n) is 6.72. The Bertz CT molecular complexity index is 1080. The molecule has 180 valence electrons. The van der Waals surface area contributed by atoms with Gasteiger partial charge in [-0.1, -0.05) is 43.2 Å². The first-order chi connectivity index (χ1) is 16.8. The maximum absolute atomic E-state index is 13.5. The van der Waals surface area contributed by atoms with Gasteiger partial charge in [-0.05, 0) is 62.1 Å². The van der Waals surface area contributed by atoms with Crippen LogP contribution in [0.4, 0.5) is 0 Å². The van der Waals surface area contributed by atoms with Crippen LogP contribution >= 0.6 is 23.1 Å². The van der Waals surface area contributed by atoms with Crippen LogP contribution in [0, 0.1) is 0 Å². The van der Waals surface area contributed by atoms with Gasteiger partial charge < -0.3 is 13.9 Å². The van der Waals surface area contributed by atoms with Crippen molar-refractivity contribution in [1.82, 2.24) is 19.7 Å². The van der Waals surface area contributed by atoms with Crippen molar-refractivity contribution in [3.63, 3.8) is 0 Å².